The molecule has 1 aromatic carbocycles. The first-order valence-electron chi connectivity index (χ1n) is 5.76. The third kappa shape index (κ3) is 4.36. The fourth-order valence-electron chi connectivity index (χ4n) is 1.86. The van der Waals surface area contributed by atoms with Crippen LogP contribution in [0.5, 0.6) is 0 Å². The molecule has 1 atom stereocenters. The second-order valence-electron chi connectivity index (χ2n) is 4.45. The zero-order chi connectivity index (χ0) is 13.8. The first-order valence-corrected chi connectivity index (χ1v) is 7.47. The fourth-order valence-corrected chi connectivity index (χ4v) is 2.84. The van der Waals surface area contributed by atoms with Gasteiger partial charge in [-0.2, -0.15) is 0 Å². The van der Waals surface area contributed by atoms with E-state index < -0.39 is 27.2 Å². The summed E-state index contributed by atoms with van der Waals surface area (Å²) in [5.41, 5.74) is -1.19. The van der Waals surface area contributed by atoms with Crippen LogP contribution in [-0.4, -0.2) is 19.3 Å². The summed E-state index contributed by atoms with van der Waals surface area (Å²) >= 11 is 0. The SMILES string of the molecule is CCCCC(O)(CS(N)(=O)=O)c1ccc(F)cc1. The molecule has 1 aromatic rings. The molecule has 1 rings (SSSR count). The van der Waals surface area contributed by atoms with Crippen LogP contribution in [0.3, 0.4) is 0 Å². The molecule has 1 unspecified atom stereocenters. The first-order chi connectivity index (χ1) is 8.27. The van der Waals surface area contributed by atoms with E-state index in [-0.39, 0.29) is 6.42 Å². The Hall–Kier alpha value is -0.980. The van der Waals surface area contributed by atoms with E-state index in [9.17, 15) is 17.9 Å². The van der Waals surface area contributed by atoms with Gasteiger partial charge >= 0.3 is 0 Å². The lowest BCUT2D eigenvalue weighted by atomic mass is 9.90. The van der Waals surface area contributed by atoms with Crippen molar-refractivity contribution in [3.8, 4) is 0 Å². The Morgan fingerprint density at radius 3 is 2.33 bits per heavy atom. The maximum Gasteiger partial charge on any atom is 0.212 e. The van der Waals surface area contributed by atoms with Gasteiger partial charge in [-0.1, -0.05) is 31.9 Å². The number of rotatable bonds is 6. The summed E-state index contributed by atoms with van der Waals surface area (Å²) in [5.74, 6) is -1.00. The third-order valence-electron chi connectivity index (χ3n) is 2.77. The maximum absolute atomic E-state index is 12.8. The van der Waals surface area contributed by atoms with Gasteiger partial charge < -0.3 is 5.11 Å². The van der Waals surface area contributed by atoms with Crippen molar-refractivity contribution in [2.75, 3.05) is 5.75 Å². The normalized spacial score (nSPS) is 15.3. The molecule has 0 aliphatic heterocycles. The van der Waals surface area contributed by atoms with E-state index >= 15 is 0 Å². The van der Waals surface area contributed by atoms with Gasteiger partial charge in [0.25, 0.3) is 0 Å². The van der Waals surface area contributed by atoms with Crippen LogP contribution in [0.15, 0.2) is 24.3 Å². The van der Waals surface area contributed by atoms with Crippen molar-refractivity contribution < 1.29 is 17.9 Å². The topological polar surface area (TPSA) is 80.4 Å². The number of hydrogen-bond acceptors (Lipinski definition) is 3. The van der Waals surface area contributed by atoms with Crippen LogP contribution in [0.25, 0.3) is 0 Å². The molecule has 102 valence electrons. The van der Waals surface area contributed by atoms with Gasteiger partial charge in [-0.15, -0.1) is 0 Å². The van der Waals surface area contributed by atoms with Gasteiger partial charge in [0.2, 0.25) is 10.0 Å². The minimum Gasteiger partial charge on any atom is -0.384 e. The van der Waals surface area contributed by atoms with Crippen molar-refractivity contribution in [2.24, 2.45) is 5.14 Å². The summed E-state index contributed by atoms with van der Waals surface area (Å²) in [6.45, 7) is 1.93. The molecule has 0 amide bonds. The quantitative estimate of drug-likeness (QED) is 0.825. The number of primary sulfonamides is 1. The lowest BCUT2D eigenvalue weighted by Gasteiger charge is -2.27. The molecule has 0 saturated heterocycles. The van der Waals surface area contributed by atoms with Crippen molar-refractivity contribution in [2.45, 2.75) is 31.8 Å². The molecule has 0 spiro atoms. The second-order valence-corrected chi connectivity index (χ2v) is 6.06. The Labute approximate surface area is 107 Å². The second kappa shape index (κ2) is 5.77. The minimum absolute atomic E-state index is 0.269. The number of nitrogens with two attached hydrogens (primary N) is 1. The molecule has 18 heavy (non-hydrogen) atoms. The maximum atomic E-state index is 12.8. The van der Waals surface area contributed by atoms with E-state index in [0.717, 1.165) is 6.42 Å². The molecule has 0 bridgehead atoms. The molecule has 0 aliphatic carbocycles. The van der Waals surface area contributed by atoms with Gasteiger partial charge in [-0.25, -0.2) is 17.9 Å². The van der Waals surface area contributed by atoms with Crippen LogP contribution < -0.4 is 5.14 Å². The summed E-state index contributed by atoms with van der Waals surface area (Å²) in [6.07, 6.45) is 1.74. The number of sulfonamides is 1. The van der Waals surface area contributed by atoms with Crippen LogP contribution in [0, 0.1) is 5.82 Å². The summed E-state index contributed by atoms with van der Waals surface area (Å²) in [7, 11) is -3.81. The van der Waals surface area contributed by atoms with Gasteiger partial charge in [0.15, 0.2) is 0 Å². The fraction of sp³-hybridized carbons (Fsp3) is 0.500. The van der Waals surface area contributed by atoms with Crippen LogP contribution in [0.4, 0.5) is 4.39 Å². The van der Waals surface area contributed by atoms with Crippen LogP contribution in [-0.2, 0) is 15.6 Å². The molecule has 0 fully saturated rings. The summed E-state index contributed by atoms with van der Waals surface area (Å²) in [5, 5.41) is 15.5. The molecule has 6 heteroatoms. The number of unbranched alkanes of at least 4 members (excludes halogenated alkanes) is 1. The average molecular weight is 275 g/mol. The number of hydrogen-bond donors (Lipinski definition) is 2. The molecular weight excluding hydrogens is 257 g/mol. The highest BCUT2D eigenvalue weighted by atomic mass is 32.2. The van der Waals surface area contributed by atoms with Gasteiger partial charge in [-0.05, 0) is 24.1 Å². The Kier molecular flexibility index (Phi) is 4.84. The molecule has 4 nitrogen and oxygen atoms in total. The Bertz CT molecular complexity index is 487. The minimum atomic E-state index is -3.81. The van der Waals surface area contributed by atoms with Gasteiger partial charge in [-0.3, -0.25) is 0 Å². The van der Waals surface area contributed by atoms with Crippen molar-refractivity contribution in [1.29, 1.82) is 0 Å². The van der Waals surface area contributed by atoms with Gasteiger partial charge in [0.05, 0.1) is 5.75 Å². The van der Waals surface area contributed by atoms with Gasteiger partial charge in [0.1, 0.15) is 11.4 Å². The highest BCUT2D eigenvalue weighted by Gasteiger charge is 2.33. The summed E-state index contributed by atoms with van der Waals surface area (Å²) < 4.78 is 35.2. The zero-order valence-corrected chi connectivity index (χ0v) is 11.1. The molecule has 0 aliphatic rings. The van der Waals surface area contributed by atoms with E-state index in [1.165, 1.54) is 24.3 Å². The molecule has 0 aromatic heterocycles. The Morgan fingerprint density at radius 2 is 1.89 bits per heavy atom. The smallest absolute Gasteiger partial charge is 0.212 e. The van der Waals surface area contributed by atoms with E-state index in [1.54, 1.807) is 0 Å². The van der Waals surface area contributed by atoms with Crippen LogP contribution >= 0.6 is 0 Å². The summed E-state index contributed by atoms with van der Waals surface area (Å²) in [6, 6.07) is 5.15. The van der Waals surface area contributed by atoms with E-state index in [1.807, 2.05) is 6.92 Å². The van der Waals surface area contributed by atoms with Crippen LogP contribution in [0.2, 0.25) is 0 Å². The Morgan fingerprint density at radius 1 is 1.33 bits per heavy atom. The Balaban J connectivity index is 3.06. The predicted octanol–water partition coefficient (Wildman–Crippen LogP) is 1.49. The van der Waals surface area contributed by atoms with E-state index in [4.69, 9.17) is 5.14 Å². The molecule has 0 heterocycles. The van der Waals surface area contributed by atoms with E-state index in [0.29, 0.717) is 12.0 Å². The van der Waals surface area contributed by atoms with Crippen molar-refractivity contribution in [1.82, 2.24) is 0 Å². The number of benzene rings is 1. The van der Waals surface area contributed by atoms with E-state index in [2.05, 4.69) is 0 Å². The lowest BCUT2D eigenvalue weighted by Crippen LogP contribution is -2.37. The van der Waals surface area contributed by atoms with Crippen molar-refractivity contribution in [3.05, 3.63) is 35.6 Å². The monoisotopic (exact) mass is 275 g/mol. The predicted molar refractivity (Wildman–Crippen MR) is 67.8 cm³/mol. The molecule has 0 saturated carbocycles. The molecular formula is C12H18FNO3S. The third-order valence-corrected chi connectivity index (χ3v) is 3.65. The molecule has 0 radical (unpaired) electrons. The molecule has 3 N–H and O–H groups in total. The largest absolute Gasteiger partial charge is 0.384 e. The van der Waals surface area contributed by atoms with Crippen molar-refractivity contribution >= 4 is 10.0 Å². The van der Waals surface area contributed by atoms with Crippen LogP contribution in [0.1, 0.15) is 31.7 Å². The average Bonchev–Trinajstić information content (AvgIpc) is 2.25. The number of aliphatic hydroxyl groups is 1. The lowest BCUT2D eigenvalue weighted by molar-refractivity contribution is 0.0487. The standard InChI is InChI=1S/C12H18FNO3S/c1-2-3-8-12(15,9-18(14,16)17)10-4-6-11(13)7-5-10/h4-7,15H,2-3,8-9H2,1H3,(H2,14,16,17). The van der Waals surface area contributed by atoms with Crippen molar-refractivity contribution in [3.63, 3.8) is 0 Å². The zero-order valence-electron chi connectivity index (χ0n) is 10.3. The highest BCUT2D eigenvalue weighted by molar-refractivity contribution is 7.89. The summed E-state index contributed by atoms with van der Waals surface area (Å²) in [4.78, 5) is 0. The highest BCUT2D eigenvalue weighted by Crippen LogP contribution is 2.28. The number of halogens is 1. The first kappa shape index (κ1) is 15.1. The van der Waals surface area contributed by atoms with Gasteiger partial charge in [0, 0.05) is 0 Å².